The molecule has 0 spiro atoms. The molecule has 0 aliphatic carbocycles. The van der Waals surface area contributed by atoms with Crippen LogP contribution in [0.5, 0.6) is 0 Å². The van der Waals surface area contributed by atoms with Crippen molar-refractivity contribution in [2.75, 3.05) is 0 Å². The maximum absolute atomic E-state index is 2.36. The lowest BCUT2D eigenvalue weighted by molar-refractivity contribution is 0.415. The molecule has 1 rings (SSSR count). The van der Waals surface area contributed by atoms with Crippen molar-refractivity contribution in [3.8, 4) is 0 Å². The van der Waals surface area contributed by atoms with Gasteiger partial charge in [-0.15, -0.1) is 0 Å². The van der Waals surface area contributed by atoms with Crippen molar-refractivity contribution in [1.29, 1.82) is 0 Å². The van der Waals surface area contributed by atoms with E-state index in [2.05, 4.69) is 51.1 Å². The smallest absolute Gasteiger partial charge is 0.0276 e. The summed E-state index contributed by atoms with van der Waals surface area (Å²) < 4.78 is 0. The van der Waals surface area contributed by atoms with Gasteiger partial charge in [0.15, 0.2) is 0 Å². The van der Waals surface area contributed by atoms with Gasteiger partial charge < -0.3 is 0 Å². The van der Waals surface area contributed by atoms with Gasteiger partial charge in [-0.3, -0.25) is 0 Å². The molecular weight excluding hydrogens is 168 g/mol. The molecule has 0 aromatic heterocycles. The molecule has 0 aliphatic rings. The van der Waals surface area contributed by atoms with Crippen molar-refractivity contribution in [2.45, 2.75) is 40.0 Å². The number of aryl methyl sites for hydroxylation is 1. The van der Waals surface area contributed by atoms with Crippen molar-refractivity contribution in [1.82, 2.24) is 0 Å². The summed E-state index contributed by atoms with van der Waals surface area (Å²) in [7, 11) is 0. The van der Waals surface area contributed by atoms with Crippen LogP contribution in [0.3, 0.4) is 0 Å². The normalized spacial score (nSPS) is 13.1. The molecule has 0 unspecified atom stereocenters. The van der Waals surface area contributed by atoms with E-state index in [0.29, 0.717) is 0 Å². The molecule has 14 heavy (non-hydrogen) atoms. The van der Waals surface area contributed by atoms with E-state index in [0.717, 1.165) is 11.8 Å². The molecule has 1 aromatic rings. The minimum Gasteiger partial charge on any atom is -0.0628 e. The molecule has 0 heteroatoms. The summed E-state index contributed by atoms with van der Waals surface area (Å²) in [6, 6.07) is 10.8. The third kappa shape index (κ3) is 4.45. The summed E-state index contributed by atoms with van der Waals surface area (Å²) >= 11 is 0. The monoisotopic (exact) mass is 190 g/mol. The van der Waals surface area contributed by atoms with Crippen molar-refractivity contribution in [3.05, 3.63) is 35.9 Å². The summed E-state index contributed by atoms with van der Waals surface area (Å²) in [5.41, 5.74) is 1.48. The van der Waals surface area contributed by atoms with Gasteiger partial charge in [-0.1, -0.05) is 51.1 Å². The largest absolute Gasteiger partial charge is 0.0628 e. The Morgan fingerprint density at radius 3 is 2.21 bits per heavy atom. The molecule has 0 saturated carbocycles. The van der Waals surface area contributed by atoms with Crippen LogP contribution < -0.4 is 0 Å². The summed E-state index contributed by atoms with van der Waals surface area (Å²) in [6.07, 6.45) is 3.91. The van der Waals surface area contributed by atoms with Crippen LogP contribution in [0.15, 0.2) is 30.3 Å². The highest BCUT2D eigenvalue weighted by atomic mass is 14.1. The van der Waals surface area contributed by atoms with Crippen LogP contribution >= 0.6 is 0 Å². The zero-order chi connectivity index (χ0) is 10.4. The summed E-state index contributed by atoms with van der Waals surface area (Å²) in [4.78, 5) is 0. The van der Waals surface area contributed by atoms with Crippen molar-refractivity contribution >= 4 is 0 Å². The Bertz CT molecular complexity index is 235. The first-order valence-corrected chi connectivity index (χ1v) is 5.72. The van der Waals surface area contributed by atoms with E-state index in [1.807, 2.05) is 0 Å². The summed E-state index contributed by atoms with van der Waals surface area (Å²) in [5.74, 6) is 1.69. The second kappa shape index (κ2) is 5.85. The van der Waals surface area contributed by atoms with E-state index in [9.17, 15) is 0 Å². The van der Waals surface area contributed by atoms with Gasteiger partial charge in [-0.2, -0.15) is 0 Å². The molecule has 78 valence electrons. The van der Waals surface area contributed by atoms with E-state index in [1.165, 1.54) is 24.8 Å². The molecule has 0 N–H and O–H groups in total. The average molecular weight is 190 g/mol. The van der Waals surface area contributed by atoms with Crippen molar-refractivity contribution in [2.24, 2.45) is 11.8 Å². The Morgan fingerprint density at radius 1 is 1.00 bits per heavy atom. The Hall–Kier alpha value is -0.780. The first-order chi connectivity index (χ1) is 6.68. The first kappa shape index (κ1) is 11.3. The van der Waals surface area contributed by atoms with Crippen LogP contribution in [0.1, 0.15) is 39.2 Å². The van der Waals surface area contributed by atoms with Crippen LogP contribution in [0, 0.1) is 11.8 Å². The lowest BCUT2D eigenvalue weighted by Gasteiger charge is -2.13. The standard InChI is InChI=1S/C14H22/c1-12(2)11-13(3)9-10-14-7-5-4-6-8-14/h4-8,12-13H,9-11H2,1-3H3/t13-/m0/s1. The van der Waals surface area contributed by atoms with Gasteiger partial charge in [-0.05, 0) is 36.7 Å². The Balaban J connectivity index is 2.27. The van der Waals surface area contributed by atoms with Gasteiger partial charge >= 0.3 is 0 Å². The molecule has 1 atom stereocenters. The minimum absolute atomic E-state index is 0.834. The lowest BCUT2D eigenvalue weighted by atomic mass is 9.93. The number of benzene rings is 1. The predicted molar refractivity (Wildman–Crippen MR) is 63.4 cm³/mol. The molecule has 0 amide bonds. The Kier molecular flexibility index (Phi) is 4.72. The predicted octanol–water partition coefficient (Wildman–Crippen LogP) is 4.30. The third-order valence-corrected chi connectivity index (χ3v) is 2.64. The summed E-state index contributed by atoms with van der Waals surface area (Å²) in [6.45, 7) is 6.97. The highest BCUT2D eigenvalue weighted by Crippen LogP contribution is 2.17. The SMILES string of the molecule is CC(C)C[C@@H](C)CCc1ccccc1. The minimum atomic E-state index is 0.834. The van der Waals surface area contributed by atoms with Gasteiger partial charge in [-0.25, -0.2) is 0 Å². The fourth-order valence-electron chi connectivity index (χ4n) is 1.98. The van der Waals surface area contributed by atoms with Crippen LogP contribution in [-0.2, 0) is 6.42 Å². The second-order valence-corrected chi connectivity index (χ2v) is 4.76. The van der Waals surface area contributed by atoms with E-state index in [-0.39, 0.29) is 0 Å². The highest BCUT2D eigenvalue weighted by Gasteiger charge is 2.04. The van der Waals surface area contributed by atoms with Gasteiger partial charge in [0.05, 0.1) is 0 Å². The second-order valence-electron chi connectivity index (χ2n) is 4.76. The van der Waals surface area contributed by atoms with Gasteiger partial charge in [0.1, 0.15) is 0 Å². The number of hydrogen-bond acceptors (Lipinski definition) is 0. The third-order valence-electron chi connectivity index (χ3n) is 2.64. The maximum Gasteiger partial charge on any atom is -0.0276 e. The molecule has 0 nitrogen and oxygen atoms in total. The molecular formula is C14H22. The Morgan fingerprint density at radius 2 is 1.64 bits per heavy atom. The lowest BCUT2D eigenvalue weighted by Crippen LogP contribution is -2.01. The molecule has 1 aromatic carbocycles. The quantitative estimate of drug-likeness (QED) is 0.649. The fourth-order valence-corrected chi connectivity index (χ4v) is 1.98. The average Bonchev–Trinajstić information content (AvgIpc) is 2.15. The van der Waals surface area contributed by atoms with Crippen LogP contribution in [-0.4, -0.2) is 0 Å². The van der Waals surface area contributed by atoms with Gasteiger partial charge in [0.25, 0.3) is 0 Å². The van der Waals surface area contributed by atoms with E-state index < -0.39 is 0 Å². The highest BCUT2D eigenvalue weighted by molar-refractivity contribution is 5.14. The fraction of sp³-hybridized carbons (Fsp3) is 0.571. The van der Waals surface area contributed by atoms with Gasteiger partial charge in [0.2, 0.25) is 0 Å². The molecule has 0 heterocycles. The van der Waals surface area contributed by atoms with E-state index >= 15 is 0 Å². The molecule has 0 saturated heterocycles. The topological polar surface area (TPSA) is 0 Å². The van der Waals surface area contributed by atoms with E-state index in [4.69, 9.17) is 0 Å². The molecule has 0 aliphatic heterocycles. The van der Waals surface area contributed by atoms with Gasteiger partial charge in [0, 0.05) is 0 Å². The Labute approximate surface area is 88.4 Å². The zero-order valence-electron chi connectivity index (χ0n) is 9.66. The molecule has 0 fully saturated rings. The van der Waals surface area contributed by atoms with Crippen LogP contribution in [0.25, 0.3) is 0 Å². The van der Waals surface area contributed by atoms with Crippen LogP contribution in [0.4, 0.5) is 0 Å². The molecule has 0 radical (unpaired) electrons. The molecule has 0 bridgehead atoms. The van der Waals surface area contributed by atoms with Crippen molar-refractivity contribution in [3.63, 3.8) is 0 Å². The van der Waals surface area contributed by atoms with Crippen LogP contribution in [0.2, 0.25) is 0 Å². The summed E-state index contributed by atoms with van der Waals surface area (Å²) in [5, 5.41) is 0. The zero-order valence-corrected chi connectivity index (χ0v) is 9.66. The van der Waals surface area contributed by atoms with Crippen molar-refractivity contribution < 1.29 is 0 Å². The number of hydrogen-bond donors (Lipinski definition) is 0. The maximum atomic E-state index is 2.36. The number of rotatable bonds is 5. The van der Waals surface area contributed by atoms with E-state index in [1.54, 1.807) is 0 Å². The first-order valence-electron chi connectivity index (χ1n) is 5.72.